The summed E-state index contributed by atoms with van der Waals surface area (Å²) in [5.41, 5.74) is 4.41. The van der Waals surface area contributed by atoms with E-state index in [1.54, 1.807) is 12.3 Å². The fraction of sp³-hybridized carbons (Fsp3) is 0.304. The predicted octanol–water partition coefficient (Wildman–Crippen LogP) is 5.32. The van der Waals surface area contributed by atoms with Crippen LogP contribution in [-0.4, -0.2) is 20.6 Å². The van der Waals surface area contributed by atoms with Crippen molar-refractivity contribution in [3.63, 3.8) is 0 Å². The maximum Gasteiger partial charge on any atom is 0.339 e. The highest BCUT2D eigenvalue weighted by Gasteiger charge is 2.26. The molecule has 5 heteroatoms. The Morgan fingerprint density at radius 1 is 1.25 bits per heavy atom. The number of aryl methyl sites for hydroxylation is 1. The summed E-state index contributed by atoms with van der Waals surface area (Å²) in [5, 5.41) is 14.0. The number of fused-ring (bicyclic) bond motifs is 1. The van der Waals surface area contributed by atoms with Crippen LogP contribution < -0.4 is 5.32 Å². The van der Waals surface area contributed by atoms with E-state index in [-0.39, 0.29) is 5.56 Å². The van der Waals surface area contributed by atoms with Crippen molar-refractivity contribution in [2.24, 2.45) is 13.0 Å². The van der Waals surface area contributed by atoms with Gasteiger partial charge in [0.1, 0.15) is 11.4 Å². The molecule has 5 nitrogen and oxygen atoms in total. The molecule has 2 fully saturated rings. The van der Waals surface area contributed by atoms with E-state index in [0.29, 0.717) is 17.7 Å². The lowest BCUT2D eigenvalue weighted by atomic mass is 10.1. The zero-order chi connectivity index (χ0) is 19.3. The van der Waals surface area contributed by atoms with Crippen LogP contribution in [-0.2, 0) is 7.05 Å². The number of benzene rings is 1. The van der Waals surface area contributed by atoms with E-state index in [1.807, 2.05) is 19.3 Å². The van der Waals surface area contributed by atoms with Crippen LogP contribution in [0.4, 0.5) is 11.5 Å². The molecule has 2 aliphatic carbocycles. The lowest BCUT2D eigenvalue weighted by Crippen LogP contribution is -2.06. The Labute approximate surface area is 163 Å². The molecule has 3 aromatic rings. The lowest BCUT2D eigenvalue weighted by molar-refractivity contribution is 0.0697. The Kier molecular flexibility index (Phi) is 3.97. The summed E-state index contributed by atoms with van der Waals surface area (Å²) in [6.07, 6.45) is 13.1. The predicted molar refractivity (Wildman–Crippen MR) is 111 cm³/mol. The molecule has 0 bridgehead atoms. The Morgan fingerprint density at radius 3 is 2.79 bits per heavy atom. The van der Waals surface area contributed by atoms with Gasteiger partial charge < -0.3 is 15.0 Å². The summed E-state index contributed by atoms with van der Waals surface area (Å²) in [4.78, 5) is 16.2. The minimum absolute atomic E-state index is 0.229. The van der Waals surface area contributed by atoms with Crippen LogP contribution in [0.3, 0.4) is 0 Å². The first-order chi connectivity index (χ1) is 13.6. The Bertz CT molecular complexity index is 1100. The van der Waals surface area contributed by atoms with Gasteiger partial charge >= 0.3 is 5.97 Å². The van der Waals surface area contributed by atoms with Crippen LogP contribution in [0.15, 0.2) is 42.7 Å². The molecule has 2 aromatic heterocycles. The van der Waals surface area contributed by atoms with Gasteiger partial charge in [0.15, 0.2) is 0 Å². The van der Waals surface area contributed by atoms with E-state index in [1.165, 1.54) is 18.4 Å². The van der Waals surface area contributed by atoms with Crippen molar-refractivity contribution in [2.45, 2.75) is 31.6 Å². The second-order valence-corrected chi connectivity index (χ2v) is 8.00. The number of hydrogen-bond donors (Lipinski definition) is 2. The SMILES string of the molecule is Cn1ccc2cc(Nc3ncc(C4CC4)cc3C(=O)O)cc(/C=C/C3CC3)c21. The number of hydrogen-bond acceptors (Lipinski definition) is 3. The number of rotatable bonds is 6. The average molecular weight is 373 g/mol. The van der Waals surface area contributed by atoms with Crippen LogP contribution in [0.2, 0.25) is 0 Å². The third kappa shape index (κ3) is 3.28. The maximum atomic E-state index is 11.8. The van der Waals surface area contributed by atoms with Crippen molar-refractivity contribution in [2.75, 3.05) is 5.32 Å². The van der Waals surface area contributed by atoms with Crippen molar-refractivity contribution >= 4 is 34.5 Å². The van der Waals surface area contributed by atoms with Gasteiger partial charge in [0.25, 0.3) is 0 Å². The molecular formula is C23H23N3O2. The normalized spacial score (nSPS) is 16.8. The van der Waals surface area contributed by atoms with Crippen LogP contribution >= 0.6 is 0 Å². The minimum atomic E-state index is -0.952. The zero-order valence-corrected chi connectivity index (χ0v) is 15.9. The Morgan fingerprint density at radius 2 is 2.07 bits per heavy atom. The quantitative estimate of drug-likeness (QED) is 0.614. The fourth-order valence-corrected chi connectivity index (χ4v) is 3.73. The van der Waals surface area contributed by atoms with Crippen molar-refractivity contribution in [1.82, 2.24) is 9.55 Å². The Hall–Kier alpha value is -3.08. The summed E-state index contributed by atoms with van der Waals surface area (Å²) in [7, 11) is 2.05. The third-order valence-electron chi connectivity index (χ3n) is 5.62. The monoisotopic (exact) mass is 373 g/mol. The highest BCUT2D eigenvalue weighted by atomic mass is 16.4. The van der Waals surface area contributed by atoms with E-state index in [4.69, 9.17) is 0 Å². The molecule has 0 atom stereocenters. The highest BCUT2D eigenvalue weighted by Crippen LogP contribution is 2.41. The number of carboxylic acids is 1. The number of carbonyl (C=O) groups is 1. The standard InChI is InChI=1S/C23H23N3O2/c1-26-9-8-17-11-19(10-16(21(17)26)5-4-14-2-3-14)25-22-20(23(27)28)12-18(13-24-22)15-6-7-15/h4-5,8-15H,2-3,6-7H2,1H3,(H,24,25)(H,27,28)/b5-4+. The molecule has 0 saturated heterocycles. The van der Waals surface area contributed by atoms with Crippen LogP contribution in [0, 0.1) is 5.92 Å². The van der Waals surface area contributed by atoms with Crippen molar-refractivity contribution < 1.29 is 9.90 Å². The number of nitrogens with one attached hydrogen (secondary N) is 1. The first kappa shape index (κ1) is 17.0. The van der Waals surface area contributed by atoms with Crippen LogP contribution in [0.1, 0.15) is 53.1 Å². The van der Waals surface area contributed by atoms with E-state index >= 15 is 0 Å². The summed E-state index contributed by atoms with van der Waals surface area (Å²) in [6.45, 7) is 0. The molecule has 2 aliphatic rings. The average Bonchev–Trinajstić information content (AvgIpc) is 3.59. The van der Waals surface area contributed by atoms with Gasteiger partial charge in [-0.25, -0.2) is 9.78 Å². The minimum Gasteiger partial charge on any atom is -0.478 e. The molecule has 0 aliphatic heterocycles. The molecule has 0 unspecified atom stereocenters. The van der Waals surface area contributed by atoms with Crippen LogP contribution in [0.25, 0.3) is 17.0 Å². The molecule has 1 aromatic carbocycles. The molecule has 2 N–H and O–H groups in total. The van der Waals surface area contributed by atoms with Crippen molar-refractivity contribution in [3.05, 3.63) is 59.4 Å². The van der Waals surface area contributed by atoms with Gasteiger partial charge in [0, 0.05) is 36.1 Å². The van der Waals surface area contributed by atoms with E-state index in [2.05, 4.69) is 39.2 Å². The second kappa shape index (κ2) is 6.51. The largest absolute Gasteiger partial charge is 0.478 e. The third-order valence-corrected chi connectivity index (χ3v) is 5.62. The molecule has 0 spiro atoms. The maximum absolute atomic E-state index is 11.8. The highest BCUT2D eigenvalue weighted by molar-refractivity contribution is 5.96. The van der Waals surface area contributed by atoms with Gasteiger partial charge in [-0.3, -0.25) is 0 Å². The van der Waals surface area contributed by atoms with Gasteiger partial charge in [0.05, 0.1) is 5.52 Å². The Balaban J connectivity index is 1.53. The summed E-state index contributed by atoms with van der Waals surface area (Å²) >= 11 is 0. The number of anilines is 2. The van der Waals surface area contributed by atoms with E-state index in [0.717, 1.165) is 35.0 Å². The summed E-state index contributed by atoms with van der Waals surface area (Å²) in [6, 6.07) is 7.97. The van der Waals surface area contributed by atoms with Crippen molar-refractivity contribution in [1.29, 1.82) is 0 Å². The first-order valence-corrected chi connectivity index (χ1v) is 9.86. The molecule has 2 heterocycles. The zero-order valence-electron chi connectivity index (χ0n) is 15.9. The number of aromatic nitrogens is 2. The topological polar surface area (TPSA) is 67.2 Å². The molecule has 5 rings (SSSR count). The molecule has 142 valence electrons. The number of allylic oxidation sites excluding steroid dienone is 1. The van der Waals surface area contributed by atoms with Gasteiger partial charge in [-0.15, -0.1) is 0 Å². The summed E-state index contributed by atoms with van der Waals surface area (Å²) in [5.74, 6) is 0.609. The van der Waals surface area contributed by atoms with Gasteiger partial charge in [-0.2, -0.15) is 0 Å². The molecular weight excluding hydrogens is 350 g/mol. The second-order valence-electron chi connectivity index (χ2n) is 8.00. The number of aromatic carboxylic acids is 1. The van der Waals surface area contributed by atoms with E-state index in [9.17, 15) is 9.90 Å². The fourth-order valence-electron chi connectivity index (χ4n) is 3.73. The number of carboxylic acid groups (broad SMARTS) is 1. The van der Waals surface area contributed by atoms with Gasteiger partial charge in [0.2, 0.25) is 0 Å². The van der Waals surface area contributed by atoms with Gasteiger partial charge in [-0.05, 0) is 67.3 Å². The number of nitrogens with zero attached hydrogens (tertiary/aromatic N) is 2. The van der Waals surface area contributed by atoms with Crippen LogP contribution in [0.5, 0.6) is 0 Å². The smallest absolute Gasteiger partial charge is 0.339 e. The summed E-state index contributed by atoms with van der Waals surface area (Å²) < 4.78 is 2.12. The molecule has 28 heavy (non-hydrogen) atoms. The first-order valence-electron chi connectivity index (χ1n) is 9.86. The van der Waals surface area contributed by atoms with E-state index < -0.39 is 5.97 Å². The van der Waals surface area contributed by atoms with Gasteiger partial charge in [-0.1, -0.05) is 12.2 Å². The molecule has 0 radical (unpaired) electrons. The lowest BCUT2D eigenvalue weighted by Gasteiger charge is -2.12. The number of pyridine rings is 1. The van der Waals surface area contributed by atoms with Crippen molar-refractivity contribution in [3.8, 4) is 0 Å². The molecule has 0 amide bonds. The molecule has 2 saturated carbocycles.